The molecule has 110 valence electrons. The van der Waals surface area contributed by atoms with E-state index in [-0.39, 0.29) is 5.56 Å². The number of H-pyrrole nitrogens is 1. The van der Waals surface area contributed by atoms with Crippen molar-refractivity contribution in [2.75, 3.05) is 0 Å². The summed E-state index contributed by atoms with van der Waals surface area (Å²) in [5, 5.41) is 0.796. The number of aromatic amines is 1. The zero-order valence-electron chi connectivity index (χ0n) is 11.9. The Kier molecular flexibility index (Phi) is 3.13. The topological polar surface area (TPSA) is 37.8 Å². The lowest BCUT2D eigenvalue weighted by Crippen LogP contribution is -2.22. The molecular formula is C17H14N2OS2. The van der Waals surface area contributed by atoms with Crippen LogP contribution in [0.1, 0.15) is 11.1 Å². The van der Waals surface area contributed by atoms with E-state index in [9.17, 15) is 4.79 Å². The molecule has 0 aliphatic heterocycles. The summed E-state index contributed by atoms with van der Waals surface area (Å²) in [4.78, 5) is 18.1. The van der Waals surface area contributed by atoms with Crippen molar-refractivity contribution in [3.63, 3.8) is 0 Å². The number of rotatable bonds is 2. The molecule has 0 saturated heterocycles. The van der Waals surface area contributed by atoms with Crippen LogP contribution in [0.5, 0.6) is 0 Å². The third-order valence-electron chi connectivity index (χ3n) is 4.15. The highest BCUT2D eigenvalue weighted by Gasteiger charge is 2.23. The standard InChI is InChI=1S/C17H14N2OS2/c1-2-9-19-16(20)13-12-8-7-10-5-3-4-6-11(10)14(12)22-15(13)18-17(19)21/h2-6H,1,7-9H2,(H,18,21). The van der Waals surface area contributed by atoms with Crippen LogP contribution < -0.4 is 5.56 Å². The Balaban J connectivity index is 2.10. The number of fused-ring (bicyclic) bond motifs is 5. The third-order valence-corrected chi connectivity index (χ3v) is 5.65. The van der Waals surface area contributed by atoms with Crippen LogP contribution in [-0.2, 0) is 19.4 Å². The first-order chi connectivity index (χ1) is 10.7. The summed E-state index contributed by atoms with van der Waals surface area (Å²) in [5.41, 5.74) is 3.76. The normalized spacial score (nSPS) is 12.9. The fourth-order valence-corrected chi connectivity index (χ4v) is 4.77. The smallest absolute Gasteiger partial charge is 0.263 e. The van der Waals surface area contributed by atoms with E-state index in [0.717, 1.165) is 28.6 Å². The van der Waals surface area contributed by atoms with Gasteiger partial charge in [0, 0.05) is 11.4 Å². The molecule has 2 aromatic heterocycles. The van der Waals surface area contributed by atoms with E-state index in [1.54, 1.807) is 22.0 Å². The van der Waals surface area contributed by atoms with E-state index in [1.165, 1.54) is 16.0 Å². The SMILES string of the molecule is C=CCn1c(=S)[nH]c2sc3c(c2c1=O)CCc1ccccc1-3. The second-order valence-corrected chi connectivity index (χ2v) is 6.81. The van der Waals surface area contributed by atoms with Crippen molar-refractivity contribution in [2.24, 2.45) is 0 Å². The van der Waals surface area contributed by atoms with E-state index >= 15 is 0 Å². The summed E-state index contributed by atoms with van der Waals surface area (Å²) < 4.78 is 2.04. The number of nitrogens with zero attached hydrogens (tertiary/aromatic N) is 1. The average Bonchev–Trinajstić information content (AvgIpc) is 2.90. The average molecular weight is 326 g/mol. The van der Waals surface area contributed by atoms with E-state index in [2.05, 4.69) is 35.8 Å². The van der Waals surface area contributed by atoms with Crippen LogP contribution >= 0.6 is 23.6 Å². The van der Waals surface area contributed by atoms with Crippen LogP contribution in [0.2, 0.25) is 0 Å². The van der Waals surface area contributed by atoms with E-state index in [0.29, 0.717) is 11.3 Å². The molecule has 1 N–H and O–H groups in total. The number of thiophene rings is 1. The summed E-state index contributed by atoms with van der Waals surface area (Å²) in [5.74, 6) is 0. The van der Waals surface area contributed by atoms with Crippen molar-refractivity contribution in [1.29, 1.82) is 0 Å². The van der Waals surface area contributed by atoms with Crippen LogP contribution in [0, 0.1) is 4.77 Å². The second-order valence-electron chi connectivity index (χ2n) is 5.41. The molecule has 1 aliphatic rings. The Morgan fingerprint density at radius 3 is 3.00 bits per heavy atom. The molecule has 0 fully saturated rings. The van der Waals surface area contributed by atoms with Gasteiger partial charge in [-0.15, -0.1) is 17.9 Å². The number of aryl methyl sites for hydroxylation is 2. The van der Waals surface area contributed by atoms with Crippen molar-refractivity contribution in [2.45, 2.75) is 19.4 Å². The van der Waals surface area contributed by atoms with Gasteiger partial charge in [-0.25, -0.2) is 0 Å². The molecule has 0 amide bonds. The summed E-state index contributed by atoms with van der Waals surface area (Å²) in [6.45, 7) is 4.14. The molecule has 0 spiro atoms. The van der Waals surface area contributed by atoms with Crippen LogP contribution in [0.15, 0.2) is 41.7 Å². The lowest BCUT2D eigenvalue weighted by molar-refractivity contribution is 0.752. The highest BCUT2D eigenvalue weighted by atomic mass is 32.1. The first kappa shape index (κ1) is 13.7. The fraction of sp³-hybridized carbons (Fsp3) is 0.176. The Bertz CT molecular complexity index is 1020. The molecule has 2 heterocycles. The molecule has 5 heteroatoms. The van der Waals surface area contributed by atoms with Gasteiger partial charge in [0.2, 0.25) is 0 Å². The highest BCUT2D eigenvalue weighted by Crippen LogP contribution is 2.41. The minimum absolute atomic E-state index is 0.00414. The van der Waals surface area contributed by atoms with Gasteiger partial charge in [0.25, 0.3) is 5.56 Å². The molecular weight excluding hydrogens is 312 g/mol. The largest absolute Gasteiger partial charge is 0.323 e. The molecule has 22 heavy (non-hydrogen) atoms. The fourth-order valence-electron chi connectivity index (χ4n) is 3.14. The van der Waals surface area contributed by atoms with Crippen LogP contribution in [0.3, 0.4) is 0 Å². The Morgan fingerprint density at radius 1 is 1.36 bits per heavy atom. The summed E-state index contributed by atoms with van der Waals surface area (Å²) in [6.07, 6.45) is 3.58. The van der Waals surface area contributed by atoms with Crippen LogP contribution in [0.25, 0.3) is 20.7 Å². The number of aromatic nitrogens is 2. The van der Waals surface area contributed by atoms with Crippen LogP contribution in [-0.4, -0.2) is 9.55 Å². The van der Waals surface area contributed by atoms with Gasteiger partial charge in [-0.3, -0.25) is 9.36 Å². The quantitative estimate of drug-likeness (QED) is 0.569. The van der Waals surface area contributed by atoms with Gasteiger partial charge in [0.15, 0.2) is 4.77 Å². The molecule has 0 radical (unpaired) electrons. The van der Waals surface area contributed by atoms with Gasteiger partial charge < -0.3 is 4.98 Å². The summed E-state index contributed by atoms with van der Waals surface area (Å²) in [6, 6.07) is 8.43. The highest BCUT2D eigenvalue weighted by molar-refractivity contribution is 7.71. The van der Waals surface area contributed by atoms with Crippen molar-refractivity contribution in [3.8, 4) is 10.4 Å². The van der Waals surface area contributed by atoms with Gasteiger partial charge >= 0.3 is 0 Å². The molecule has 0 saturated carbocycles. The van der Waals surface area contributed by atoms with Crippen molar-refractivity contribution >= 4 is 33.8 Å². The number of hydrogen-bond donors (Lipinski definition) is 1. The molecule has 3 aromatic rings. The van der Waals surface area contributed by atoms with Gasteiger partial charge in [0.05, 0.1) is 5.39 Å². The predicted octanol–water partition coefficient (Wildman–Crippen LogP) is 4.07. The second kappa shape index (κ2) is 5.04. The maximum absolute atomic E-state index is 12.8. The summed E-state index contributed by atoms with van der Waals surface area (Å²) >= 11 is 6.95. The lowest BCUT2D eigenvalue weighted by Gasteiger charge is -2.15. The molecule has 0 unspecified atom stereocenters. The molecule has 1 aliphatic carbocycles. The first-order valence-corrected chi connectivity index (χ1v) is 8.41. The molecule has 0 atom stereocenters. The first-order valence-electron chi connectivity index (χ1n) is 7.18. The number of benzene rings is 1. The van der Waals surface area contributed by atoms with Crippen molar-refractivity contribution in [3.05, 3.63) is 63.2 Å². The molecule has 3 nitrogen and oxygen atoms in total. The minimum Gasteiger partial charge on any atom is -0.323 e. The Morgan fingerprint density at radius 2 is 2.18 bits per heavy atom. The van der Waals surface area contributed by atoms with Gasteiger partial charge in [0.1, 0.15) is 4.83 Å². The van der Waals surface area contributed by atoms with Gasteiger partial charge in [-0.2, -0.15) is 0 Å². The monoisotopic (exact) mass is 326 g/mol. The Labute approximate surface area is 136 Å². The number of allylic oxidation sites excluding steroid dienone is 1. The zero-order chi connectivity index (χ0) is 15.3. The van der Waals surface area contributed by atoms with E-state index in [4.69, 9.17) is 12.2 Å². The zero-order valence-corrected chi connectivity index (χ0v) is 13.5. The van der Waals surface area contributed by atoms with Crippen molar-refractivity contribution in [1.82, 2.24) is 9.55 Å². The van der Waals surface area contributed by atoms with Crippen LogP contribution in [0.4, 0.5) is 0 Å². The molecule has 1 aromatic carbocycles. The Hall–Kier alpha value is -1.98. The van der Waals surface area contributed by atoms with E-state index in [1.807, 2.05) is 0 Å². The maximum Gasteiger partial charge on any atom is 0.263 e. The molecule has 0 bridgehead atoms. The van der Waals surface area contributed by atoms with Gasteiger partial charge in [-0.05, 0) is 41.7 Å². The summed E-state index contributed by atoms with van der Waals surface area (Å²) in [7, 11) is 0. The maximum atomic E-state index is 12.8. The third kappa shape index (κ3) is 1.86. The van der Waals surface area contributed by atoms with E-state index < -0.39 is 0 Å². The molecule has 4 rings (SSSR count). The minimum atomic E-state index is -0.00414. The predicted molar refractivity (Wildman–Crippen MR) is 94.3 cm³/mol. The number of nitrogens with one attached hydrogen (secondary N) is 1. The number of hydrogen-bond acceptors (Lipinski definition) is 3. The van der Waals surface area contributed by atoms with Crippen molar-refractivity contribution < 1.29 is 0 Å². The lowest BCUT2D eigenvalue weighted by atomic mass is 9.90. The van der Waals surface area contributed by atoms with Gasteiger partial charge in [-0.1, -0.05) is 30.3 Å².